The summed E-state index contributed by atoms with van der Waals surface area (Å²) < 4.78 is 0. The smallest absolute Gasteiger partial charge is 0.0762 e. The average molecular weight is 405 g/mol. The Balaban J connectivity index is 1.61. The van der Waals surface area contributed by atoms with Gasteiger partial charge in [-0.1, -0.05) is 98.1 Å². The van der Waals surface area contributed by atoms with E-state index in [1.165, 1.54) is 47.1 Å². The fourth-order valence-electron chi connectivity index (χ4n) is 5.53. The molecule has 0 N–H and O–H groups in total. The third kappa shape index (κ3) is 3.81. The average Bonchev–Trinajstić information content (AvgIpc) is 3.14. The predicted molar refractivity (Wildman–Crippen MR) is 127 cm³/mol. The molecule has 0 amide bonds. The number of nitriles is 1. The largest absolute Gasteiger partial charge is 0.276 e. The van der Waals surface area contributed by atoms with E-state index >= 15 is 0 Å². The SMILES string of the molecule is N#CCC1(CC(N=C2c3ccccc3-c3ccccc32)c2ccccc2)CCCCC1. The van der Waals surface area contributed by atoms with Gasteiger partial charge in [0.05, 0.1) is 17.8 Å². The molecular weight excluding hydrogens is 376 g/mol. The highest BCUT2D eigenvalue weighted by Crippen LogP contribution is 2.47. The summed E-state index contributed by atoms with van der Waals surface area (Å²) in [6.07, 6.45) is 7.60. The monoisotopic (exact) mass is 404 g/mol. The number of rotatable bonds is 5. The lowest BCUT2D eigenvalue weighted by Crippen LogP contribution is -2.26. The van der Waals surface area contributed by atoms with Crippen LogP contribution in [0.15, 0.2) is 83.9 Å². The molecular formula is C29H28N2. The fourth-order valence-corrected chi connectivity index (χ4v) is 5.53. The van der Waals surface area contributed by atoms with E-state index in [1.807, 2.05) is 0 Å². The number of nitrogens with zero attached hydrogens (tertiary/aromatic N) is 2. The van der Waals surface area contributed by atoms with E-state index in [0.29, 0.717) is 6.42 Å². The topological polar surface area (TPSA) is 36.1 Å². The molecule has 0 heterocycles. The van der Waals surface area contributed by atoms with Gasteiger partial charge >= 0.3 is 0 Å². The number of hydrogen-bond acceptors (Lipinski definition) is 2. The Kier molecular flexibility index (Phi) is 5.43. The van der Waals surface area contributed by atoms with Crippen molar-refractivity contribution >= 4 is 5.71 Å². The molecule has 2 aliphatic rings. The van der Waals surface area contributed by atoms with Gasteiger partial charge in [-0.3, -0.25) is 4.99 Å². The van der Waals surface area contributed by atoms with Gasteiger partial charge in [-0.2, -0.15) is 5.26 Å². The van der Waals surface area contributed by atoms with Crippen LogP contribution in [0, 0.1) is 16.7 Å². The van der Waals surface area contributed by atoms with E-state index < -0.39 is 0 Å². The maximum absolute atomic E-state index is 9.63. The van der Waals surface area contributed by atoms with Gasteiger partial charge in [0, 0.05) is 17.5 Å². The Bertz CT molecular complexity index is 1080. The highest BCUT2D eigenvalue weighted by molar-refractivity contribution is 6.24. The number of fused-ring (bicyclic) bond motifs is 3. The third-order valence-electron chi connectivity index (χ3n) is 7.12. The van der Waals surface area contributed by atoms with Crippen LogP contribution in [0.1, 0.15) is 67.7 Å². The molecule has 5 rings (SSSR count). The van der Waals surface area contributed by atoms with Crippen molar-refractivity contribution in [2.75, 3.05) is 0 Å². The maximum Gasteiger partial charge on any atom is 0.0762 e. The van der Waals surface area contributed by atoms with Crippen molar-refractivity contribution in [1.29, 1.82) is 5.26 Å². The van der Waals surface area contributed by atoms with E-state index in [-0.39, 0.29) is 11.5 Å². The van der Waals surface area contributed by atoms with Crippen molar-refractivity contribution in [2.45, 2.75) is 51.0 Å². The van der Waals surface area contributed by atoms with Crippen molar-refractivity contribution in [3.63, 3.8) is 0 Å². The molecule has 0 aliphatic heterocycles. The fraction of sp³-hybridized carbons (Fsp3) is 0.310. The van der Waals surface area contributed by atoms with Crippen LogP contribution in [-0.4, -0.2) is 5.71 Å². The zero-order valence-corrected chi connectivity index (χ0v) is 17.9. The molecule has 0 spiro atoms. The molecule has 0 saturated heterocycles. The van der Waals surface area contributed by atoms with Crippen molar-refractivity contribution in [1.82, 2.24) is 0 Å². The molecule has 31 heavy (non-hydrogen) atoms. The van der Waals surface area contributed by atoms with Gasteiger partial charge in [-0.15, -0.1) is 0 Å². The first-order valence-electron chi connectivity index (χ1n) is 11.5. The summed E-state index contributed by atoms with van der Waals surface area (Å²) in [4.78, 5) is 5.46. The van der Waals surface area contributed by atoms with E-state index in [2.05, 4.69) is 84.9 Å². The van der Waals surface area contributed by atoms with Gasteiger partial charge in [0.15, 0.2) is 0 Å². The van der Waals surface area contributed by atoms with Crippen molar-refractivity contribution in [2.24, 2.45) is 10.4 Å². The number of hydrogen-bond donors (Lipinski definition) is 0. The molecule has 0 aromatic heterocycles. The van der Waals surface area contributed by atoms with Crippen LogP contribution in [0.2, 0.25) is 0 Å². The Morgan fingerprint density at radius 2 is 1.29 bits per heavy atom. The molecule has 2 heteroatoms. The van der Waals surface area contributed by atoms with Crippen LogP contribution >= 0.6 is 0 Å². The Morgan fingerprint density at radius 3 is 1.87 bits per heavy atom. The number of benzene rings is 3. The molecule has 3 aromatic carbocycles. The highest BCUT2D eigenvalue weighted by atomic mass is 14.8. The summed E-state index contributed by atoms with van der Waals surface area (Å²) in [7, 11) is 0. The van der Waals surface area contributed by atoms with E-state index in [1.54, 1.807) is 0 Å². The van der Waals surface area contributed by atoms with Gasteiger partial charge in [-0.05, 0) is 41.4 Å². The summed E-state index contributed by atoms with van der Waals surface area (Å²) >= 11 is 0. The quantitative estimate of drug-likeness (QED) is 0.339. The van der Waals surface area contributed by atoms with Gasteiger partial charge < -0.3 is 0 Å². The van der Waals surface area contributed by atoms with Gasteiger partial charge in [0.25, 0.3) is 0 Å². The predicted octanol–water partition coefficient (Wildman–Crippen LogP) is 7.50. The Hall–Kier alpha value is -3.18. The lowest BCUT2D eigenvalue weighted by molar-refractivity contribution is 0.165. The minimum Gasteiger partial charge on any atom is -0.276 e. The molecule has 1 saturated carbocycles. The van der Waals surface area contributed by atoms with Crippen LogP contribution < -0.4 is 0 Å². The van der Waals surface area contributed by atoms with Crippen LogP contribution in [0.5, 0.6) is 0 Å². The van der Waals surface area contributed by atoms with Crippen LogP contribution in [0.25, 0.3) is 11.1 Å². The lowest BCUT2D eigenvalue weighted by Gasteiger charge is -2.37. The Morgan fingerprint density at radius 1 is 0.742 bits per heavy atom. The number of aliphatic imine (C=N–C) groups is 1. The summed E-state index contributed by atoms with van der Waals surface area (Å²) in [5, 5.41) is 9.63. The molecule has 2 aliphatic carbocycles. The molecule has 0 radical (unpaired) electrons. The minimum absolute atomic E-state index is 0.0573. The van der Waals surface area contributed by atoms with E-state index in [9.17, 15) is 5.26 Å². The van der Waals surface area contributed by atoms with Crippen molar-refractivity contribution < 1.29 is 0 Å². The summed E-state index contributed by atoms with van der Waals surface area (Å²) in [6.45, 7) is 0. The van der Waals surface area contributed by atoms with Crippen LogP contribution in [-0.2, 0) is 0 Å². The first-order valence-corrected chi connectivity index (χ1v) is 11.5. The second-order valence-corrected chi connectivity index (χ2v) is 9.10. The van der Waals surface area contributed by atoms with Crippen LogP contribution in [0.3, 0.4) is 0 Å². The molecule has 0 bridgehead atoms. The minimum atomic E-state index is 0.0573. The van der Waals surface area contributed by atoms with Gasteiger partial charge in [-0.25, -0.2) is 0 Å². The summed E-state index contributed by atoms with van der Waals surface area (Å²) in [5.41, 5.74) is 7.42. The first-order chi connectivity index (χ1) is 15.3. The third-order valence-corrected chi connectivity index (χ3v) is 7.12. The maximum atomic E-state index is 9.63. The first kappa shape index (κ1) is 19.8. The zero-order chi connectivity index (χ0) is 21.1. The molecule has 154 valence electrons. The van der Waals surface area contributed by atoms with Gasteiger partial charge in [0.2, 0.25) is 0 Å². The van der Waals surface area contributed by atoms with Crippen molar-refractivity contribution in [3.05, 3.63) is 95.6 Å². The second-order valence-electron chi connectivity index (χ2n) is 9.10. The van der Waals surface area contributed by atoms with Crippen LogP contribution in [0.4, 0.5) is 0 Å². The molecule has 2 nitrogen and oxygen atoms in total. The lowest BCUT2D eigenvalue weighted by atomic mass is 9.68. The molecule has 1 fully saturated rings. The van der Waals surface area contributed by atoms with Gasteiger partial charge in [0.1, 0.15) is 0 Å². The van der Waals surface area contributed by atoms with E-state index in [0.717, 1.165) is 25.0 Å². The standard InChI is InChI=1S/C29H28N2/c30-20-19-29(17-9-2-10-18-29)21-27(22-11-3-1-4-12-22)31-28-25-15-7-5-13-23(25)24-14-6-8-16-26(24)28/h1,3-8,11-16,27H,2,9-10,17-19,21H2. The molecule has 1 atom stereocenters. The summed E-state index contributed by atoms with van der Waals surface area (Å²) in [5.74, 6) is 0. The zero-order valence-electron chi connectivity index (χ0n) is 17.9. The summed E-state index contributed by atoms with van der Waals surface area (Å²) in [6, 6.07) is 30.5. The highest BCUT2D eigenvalue weighted by Gasteiger charge is 2.35. The van der Waals surface area contributed by atoms with E-state index in [4.69, 9.17) is 4.99 Å². The molecule has 3 aromatic rings. The second kappa shape index (κ2) is 8.52. The normalized spacial score (nSPS) is 17.3. The molecule has 1 unspecified atom stereocenters. The van der Waals surface area contributed by atoms with Crippen molar-refractivity contribution in [3.8, 4) is 17.2 Å². The Labute approximate surface area is 185 Å².